The molecule has 68 valence electrons. The van der Waals surface area contributed by atoms with Crippen LogP contribution in [0.25, 0.3) is 0 Å². The van der Waals surface area contributed by atoms with Crippen LogP contribution in [0.2, 0.25) is 0 Å². The number of carbonyl (C=O) groups is 1. The van der Waals surface area contributed by atoms with E-state index in [0.29, 0.717) is 5.78 Å². The SMILES string of the molecule is CN(C)N/C=C1/CCCCC1=O. The fourth-order valence-electron chi connectivity index (χ4n) is 1.26. The number of hydrogen-bond acceptors (Lipinski definition) is 3. The molecule has 0 unspecified atom stereocenters. The van der Waals surface area contributed by atoms with E-state index >= 15 is 0 Å². The minimum Gasteiger partial charge on any atom is -0.326 e. The van der Waals surface area contributed by atoms with Gasteiger partial charge in [0.25, 0.3) is 0 Å². The van der Waals surface area contributed by atoms with Crippen molar-refractivity contribution < 1.29 is 4.79 Å². The molecule has 0 aromatic heterocycles. The van der Waals surface area contributed by atoms with E-state index in [4.69, 9.17) is 0 Å². The molecule has 1 aliphatic rings. The summed E-state index contributed by atoms with van der Waals surface area (Å²) in [6.07, 6.45) is 5.67. The van der Waals surface area contributed by atoms with Crippen molar-refractivity contribution in [3.05, 3.63) is 11.8 Å². The minimum absolute atomic E-state index is 0.301. The van der Waals surface area contributed by atoms with Gasteiger partial charge in [-0.2, -0.15) is 0 Å². The Hall–Kier alpha value is -0.830. The largest absolute Gasteiger partial charge is 0.326 e. The molecule has 3 heteroatoms. The highest BCUT2D eigenvalue weighted by Gasteiger charge is 2.14. The molecule has 0 radical (unpaired) electrons. The monoisotopic (exact) mass is 168 g/mol. The maximum atomic E-state index is 11.3. The summed E-state index contributed by atoms with van der Waals surface area (Å²) in [4.78, 5) is 11.3. The van der Waals surface area contributed by atoms with Crippen molar-refractivity contribution in [2.75, 3.05) is 14.1 Å². The van der Waals surface area contributed by atoms with Gasteiger partial charge in [0.2, 0.25) is 0 Å². The summed E-state index contributed by atoms with van der Waals surface area (Å²) in [5, 5.41) is 1.83. The average molecular weight is 168 g/mol. The molecule has 1 rings (SSSR count). The lowest BCUT2D eigenvalue weighted by atomic mass is 9.94. The van der Waals surface area contributed by atoms with Crippen LogP contribution >= 0.6 is 0 Å². The Morgan fingerprint density at radius 3 is 2.58 bits per heavy atom. The molecule has 1 N–H and O–H groups in total. The maximum Gasteiger partial charge on any atom is 0.160 e. The summed E-state index contributed by atoms with van der Waals surface area (Å²) in [5.74, 6) is 0.301. The third kappa shape index (κ3) is 2.66. The van der Waals surface area contributed by atoms with Crippen LogP contribution in [0.1, 0.15) is 25.7 Å². The molecule has 0 amide bonds. The number of rotatable bonds is 2. The van der Waals surface area contributed by atoms with Crippen molar-refractivity contribution in [2.24, 2.45) is 0 Å². The van der Waals surface area contributed by atoms with Crippen LogP contribution in [0.3, 0.4) is 0 Å². The highest BCUT2D eigenvalue weighted by molar-refractivity contribution is 5.95. The number of nitrogens with zero attached hydrogens (tertiary/aromatic N) is 1. The third-order valence-electron chi connectivity index (χ3n) is 1.96. The lowest BCUT2D eigenvalue weighted by Crippen LogP contribution is -2.26. The van der Waals surface area contributed by atoms with Crippen LogP contribution in [0, 0.1) is 0 Å². The zero-order chi connectivity index (χ0) is 8.97. The van der Waals surface area contributed by atoms with Gasteiger partial charge in [0, 0.05) is 32.3 Å². The number of hydrogen-bond donors (Lipinski definition) is 1. The summed E-state index contributed by atoms with van der Waals surface area (Å²) < 4.78 is 0. The van der Waals surface area contributed by atoms with Crippen molar-refractivity contribution >= 4 is 5.78 Å². The quantitative estimate of drug-likeness (QED) is 0.494. The van der Waals surface area contributed by atoms with E-state index in [2.05, 4.69) is 5.43 Å². The number of hydrazine groups is 1. The molecule has 1 saturated carbocycles. The van der Waals surface area contributed by atoms with Gasteiger partial charge in [-0.25, -0.2) is 5.01 Å². The molecular weight excluding hydrogens is 152 g/mol. The Morgan fingerprint density at radius 2 is 2.00 bits per heavy atom. The van der Waals surface area contributed by atoms with E-state index in [1.54, 1.807) is 0 Å². The normalized spacial score (nSPS) is 21.9. The highest BCUT2D eigenvalue weighted by Crippen LogP contribution is 2.18. The van der Waals surface area contributed by atoms with E-state index in [0.717, 1.165) is 31.3 Å². The minimum atomic E-state index is 0.301. The Morgan fingerprint density at radius 1 is 1.33 bits per heavy atom. The number of carbonyl (C=O) groups excluding carboxylic acids is 1. The van der Waals surface area contributed by atoms with Crippen molar-refractivity contribution in [3.63, 3.8) is 0 Å². The second-order valence-electron chi connectivity index (χ2n) is 3.32. The Bertz CT molecular complexity index is 197. The summed E-state index contributed by atoms with van der Waals surface area (Å²) in [6, 6.07) is 0. The fourth-order valence-corrected chi connectivity index (χ4v) is 1.26. The Balaban J connectivity index is 2.47. The number of Topliss-reactive ketones (excluding diaryl/α,β-unsaturated/α-hetero) is 1. The smallest absolute Gasteiger partial charge is 0.160 e. The molecule has 0 saturated heterocycles. The standard InChI is InChI=1S/C9H16N2O/c1-11(2)10-7-8-5-3-4-6-9(8)12/h7,10H,3-6H2,1-2H3/b8-7-. The molecule has 0 aromatic rings. The molecule has 3 nitrogen and oxygen atoms in total. The van der Waals surface area contributed by atoms with Crippen molar-refractivity contribution in [1.82, 2.24) is 10.4 Å². The van der Waals surface area contributed by atoms with Crippen LogP contribution < -0.4 is 5.43 Å². The number of ketones is 1. The third-order valence-corrected chi connectivity index (χ3v) is 1.96. The van der Waals surface area contributed by atoms with Gasteiger partial charge in [-0.1, -0.05) is 0 Å². The predicted octanol–water partition coefficient (Wildman–Crippen LogP) is 1.08. The van der Waals surface area contributed by atoms with Gasteiger partial charge in [-0.15, -0.1) is 0 Å². The molecule has 1 fully saturated rings. The molecule has 12 heavy (non-hydrogen) atoms. The van der Waals surface area contributed by atoms with Crippen molar-refractivity contribution in [1.29, 1.82) is 0 Å². The molecular formula is C9H16N2O. The van der Waals surface area contributed by atoms with Gasteiger partial charge in [0.15, 0.2) is 5.78 Å². The van der Waals surface area contributed by atoms with Gasteiger partial charge in [0.1, 0.15) is 0 Å². The van der Waals surface area contributed by atoms with Crippen molar-refractivity contribution in [2.45, 2.75) is 25.7 Å². The highest BCUT2D eigenvalue weighted by atomic mass is 16.1. The zero-order valence-corrected chi connectivity index (χ0v) is 7.76. The first-order chi connectivity index (χ1) is 5.70. The molecule has 0 heterocycles. The zero-order valence-electron chi connectivity index (χ0n) is 7.76. The lowest BCUT2D eigenvalue weighted by molar-refractivity contribution is -0.116. The first-order valence-corrected chi connectivity index (χ1v) is 4.36. The van der Waals surface area contributed by atoms with Gasteiger partial charge in [-0.05, 0) is 19.3 Å². The van der Waals surface area contributed by atoms with Gasteiger partial charge < -0.3 is 5.43 Å². The number of nitrogens with one attached hydrogen (secondary N) is 1. The van der Waals surface area contributed by atoms with Crippen LogP contribution in [0.15, 0.2) is 11.8 Å². The first kappa shape index (κ1) is 9.26. The van der Waals surface area contributed by atoms with Crippen LogP contribution in [0.4, 0.5) is 0 Å². The average Bonchev–Trinajstić information content (AvgIpc) is 2.03. The fraction of sp³-hybridized carbons (Fsp3) is 0.667. The molecule has 0 aromatic carbocycles. The van der Waals surface area contributed by atoms with Crippen LogP contribution in [0.5, 0.6) is 0 Å². The lowest BCUT2D eigenvalue weighted by Gasteiger charge is -2.15. The Labute approximate surface area is 73.4 Å². The van der Waals surface area contributed by atoms with Gasteiger partial charge >= 0.3 is 0 Å². The maximum absolute atomic E-state index is 11.3. The van der Waals surface area contributed by atoms with Crippen LogP contribution in [-0.4, -0.2) is 24.9 Å². The molecule has 1 aliphatic carbocycles. The van der Waals surface area contributed by atoms with E-state index in [1.165, 1.54) is 0 Å². The van der Waals surface area contributed by atoms with Crippen molar-refractivity contribution in [3.8, 4) is 0 Å². The summed E-state index contributed by atoms with van der Waals surface area (Å²) in [6.45, 7) is 0. The summed E-state index contributed by atoms with van der Waals surface area (Å²) >= 11 is 0. The first-order valence-electron chi connectivity index (χ1n) is 4.36. The molecule has 0 atom stereocenters. The van der Waals surface area contributed by atoms with Crippen LogP contribution in [-0.2, 0) is 4.79 Å². The second kappa shape index (κ2) is 4.26. The Kier molecular flexibility index (Phi) is 3.29. The van der Waals surface area contributed by atoms with E-state index < -0.39 is 0 Å². The van der Waals surface area contributed by atoms with E-state index in [9.17, 15) is 4.79 Å². The van der Waals surface area contributed by atoms with E-state index in [1.807, 2.05) is 25.3 Å². The second-order valence-corrected chi connectivity index (χ2v) is 3.32. The molecule has 0 spiro atoms. The number of allylic oxidation sites excluding steroid dienone is 1. The molecule has 0 aliphatic heterocycles. The summed E-state index contributed by atoms with van der Waals surface area (Å²) in [7, 11) is 3.81. The summed E-state index contributed by atoms with van der Waals surface area (Å²) in [5.41, 5.74) is 3.94. The van der Waals surface area contributed by atoms with Gasteiger partial charge in [-0.3, -0.25) is 4.79 Å². The van der Waals surface area contributed by atoms with Gasteiger partial charge in [0.05, 0.1) is 0 Å². The molecule has 0 bridgehead atoms. The van der Waals surface area contributed by atoms with E-state index in [-0.39, 0.29) is 0 Å². The predicted molar refractivity (Wildman–Crippen MR) is 48.4 cm³/mol. The topological polar surface area (TPSA) is 32.3 Å².